The average molecular weight is 257 g/mol. The second-order valence-electron chi connectivity index (χ2n) is 3.65. The number of aliphatic hydroxyl groups excluding tert-OH is 2. The second-order valence-corrected chi connectivity index (χ2v) is 4.74. The topological polar surface area (TPSA) is 62.0 Å². The Balaban J connectivity index is 2.11. The summed E-state index contributed by atoms with van der Waals surface area (Å²) in [5, 5.41) is 17.5. The minimum absolute atomic E-state index is 0.104. The molecular formula is C8H10F3NO3S. The van der Waals surface area contributed by atoms with Gasteiger partial charge >= 0.3 is 6.18 Å². The molecule has 8 heteroatoms. The molecule has 4 nitrogen and oxygen atoms in total. The van der Waals surface area contributed by atoms with Gasteiger partial charge in [-0.25, -0.2) is 0 Å². The van der Waals surface area contributed by atoms with E-state index >= 15 is 0 Å². The number of alkyl halides is 3. The summed E-state index contributed by atoms with van der Waals surface area (Å²) < 4.78 is 42.3. The van der Waals surface area contributed by atoms with Crippen LogP contribution in [-0.2, 0) is 4.74 Å². The number of halogens is 3. The average Bonchev–Trinajstić information content (AvgIpc) is 2.61. The number of ether oxygens (including phenoxy) is 1. The Morgan fingerprint density at radius 1 is 1.50 bits per heavy atom. The van der Waals surface area contributed by atoms with Gasteiger partial charge in [-0.2, -0.15) is 13.2 Å². The molecule has 0 amide bonds. The summed E-state index contributed by atoms with van der Waals surface area (Å²) in [4.78, 5) is 3.43. The molecule has 2 aliphatic heterocycles. The number of rotatable bonds is 1. The molecule has 4 unspecified atom stereocenters. The molecule has 2 heterocycles. The smallest absolute Gasteiger partial charge is 0.394 e. The van der Waals surface area contributed by atoms with E-state index in [0.29, 0.717) is 11.8 Å². The summed E-state index contributed by atoms with van der Waals surface area (Å²) in [6.45, 7) is -0.317. The molecule has 2 N–H and O–H groups in total. The lowest BCUT2D eigenvalue weighted by molar-refractivity contribution is -0.0878. The van der Waals surface area contributed by atoms with Gasteiger partial charge in [0.2, 0.25) is 0 Å². The van der Waals surface area contributed by atoms with E-state index in [4.69, 9.17) is 9.84 Å². The summed E-state index contributed by atoms with van der Waals surface area (Å²) >= 11 is 0.456. The fraction of sp³-hybridized carbons (Fsp3) is 0.875. The quantitative estimate of drug-likeness (QED) is 0.719. The van der Waals surface area contributed by atoms with Gasteiger partial charge in [-0.1, -0.05) is 11.8 Å². The number of hydrogen-bond acceptors (Lipinski definition) is 5. The first-order valence-electron chi connectivity index (χ1n) is 4.68. The van der Waals surface area contributed by atoms with Crippen LogP contribution < -0.4 is 0 Å². The van der Waals surface area contributed by atoms with Gasteiger partial charge in [-0.05, 0) is 0 Å². The van der Waals surface area contributed by atoms with E-state index in [1.165, 1.54) is 0 Å². The van der Waals surface area contributed by atoms with Gasteiger partial charge < -0.3 is 14.9 Å². The summed E-state index contributed by atoms with van der Waals surface area (Å²) in [6, 6.07) is -0.885. The third-order valence-electron chi connectivity index (χ3n) is 2.44. The zero-order valence-electron chi connectivity index (χ0n) is 8.02. The Morgan fingerprint density at radius 2 is 2.19 bits per heavy atom. The third kappa shape index (κ3) is 2.20. The molecule has 2 aliphatic rings. The first kappa shape index (κ1) is 12.2. The van der Waals surface area contributed by atoms with E-state index in [1.807, 2.05) is 0 Å². The van der Waals surface area contributed by atoms with Crippen LogP contribution in [0.5, 0.6) is 0 Å². The lowest BCUT2D eigenvalue weighted by Gasteiger charge is -2.33. The van der Waals surface area contributed by atoms with Crippen molar-refractivity contribution >= 4 is 16.8 Å². The first-order chi connectivity index (χ1) is 7.41. The number of aliphatic hydroxyl groups is 2. The minimum atomic E-state index is -4.50. The van der Waals surface area contributed by atoms with Crippen LogP contribution in [0.15, 0.2) is 4.99 Å². The molecule has 16 heavy (non-hydrogen) atoms. The van der Waals surface area contributed by atoms with Crippen molar-refractivity contribution in [2.75, 3.05) is 6.61 Å². The van der Waals surface area contributed by atoms with Crippen LogP contribution in [-0.4, -0.2) is 51.7 Å². The SMILES string of the molecule is OCC1CC(O)C2N=C(C(F)(F)F)SC2O1. The summed E-state index contributed by atoms with van der Waals surface area (Å²) in [5.74, 6) is 0. The molecule has 0 aromatic rings. The third-order valence-corrected chi connectivity index (χ3v) is 3.63. The van der Waals surface area contributed by atoms with Crippen LogP contribution in [0, 0.1) is 0 Å². The Morgan fingerprint density at radius 3 is 2.75 bits per heavy atom. The first-order valence-corrected chi connectivity index (χ1v) is 5.56. The fourth-order valence-corrected chi connectivity index (χ4v) is 2.82. The van der Waals surface area contributed by atoms with Gasteiger partial charge in [0.15, 0.2) is 5.04 Å². The fourth-order valence-electron chi connectivity index (χ4n) is 1.69. The number of hydrogen-bond donors (Lipinski definition) is 2. The number of aliphatic imine (C=N–C) groups is 1. The molecule has 0 aromatic heterocycles. The van der Waals surface area contributed by atoms with Crippen molar-refractivity contribution in [3.8, 4) is 0 Å². The van der Waals surface area contributed by atoms with Crippen molar-refractivity contribution in [1.82, 2.24) is 0 Å². The second kappa shape index (κ2) is 4.17. The molecule has 0 saturated carbocycles. The van der Waals surface area contributed by atoms with Gasteiger partial charge in [-0.3, -0.25) is 4.99 Å². The highest BCUT2D eigenvalue weighted by atomic mass is 32.2. The van der Waals surface area contributed by atoms with Crippen LogP contribution in [0.1, 0.15) is 6.42 Å². The highest BCUT2D eigenvalue weighted by Gasteiger charge is 2.49. The van der Waals surface area contributed by atoms with Crippen LogP contribution in [0.2, 0.25) is 0 Å². The van der Waals surface area contributed by atoms with Crippen molar-refractivity contribution < 1.29 is 28.1 Å². The van der Waals surface area contributed by atoms with Gasteiger partial charge in [0.05, 0.1) is 18.8 Å². The Kier molecular flexibility index (Phi) is 3.17. The van der Waals surface area contributed by atoms with E-state index < -0.39 is 34.9 Å². The van der Waals surface area contributed by atoms with Crippen molar-refractivity contribution in [3.63, 3.8) is 0 Å². The van der Waals surface area contributed by atoms with E-state index in [9.17, 15) is 18.3 Å². The van der Waals surface area contributed by atoms with E-state index in [1.54, 1.807) is 0 Å². The van der Waals surface area contributed by atoms with Gasteiger partial charge in [0.1, 0.15) is 11.5 Å². The summed E-state index contributed by atoms with van der Waals surface area (Å²) in [5.41, 5.74) is -0.850. The highest BCUT2D eigenvalue weighted by molar-refractivity contribution is 8.14. The Bertz CT molecular complexity index is 309. The molecule has 4 atom stereocenters. The normalized spacial score (nSPS) is 39.4. The molecule has 1 saturated heterocycles. The lowest BCUT2D eigenvalue weighted by atomic mass is 10.0. The molecule has 0 aliphatic carbocycles. The summed E-state index contributed by atoms with van der Waals surface area (Å²) in [6.07, 6.45) is -6.01. The van der Waals surface area contributed by atoms with Crippen molar-refractivity contribution in [3.05, 3.63) is 0 Å². The predicted octanol–water partition coefficient (Wildman–Crippen LogP) is 0.531. The molecule has 2 rings (SSSR count). The maximum atomic E-state index is 12.4. The molecule has 0 spiro atoms. The molecule has 1 fully saturated rings. The van der Waals surface area contributed by atoms with Gasteiger partial charge in [0.25, 0.3) is 0 Å². The molecule has 0 bridgehead atoms. The molecular weight excluding hydrogens is 247 g/mol. The van der Waals surface area contributed by atoms with Crippen LogP contribution in [0.25, 0.3) is 0 Å². The largest absolute Gasteiger partial charge is 0.439 e. The Hall–Kier alpha value is -0.310. The monoisotopic (exact) mass is 257 g/mol. The van der Waals surface area contributed by atoms with Crippen LogP contribution in [0.3, 0.4) is 0 Å². The molecule has 0 radical (unpaired) electrons. The number of thioether (sulfide) groups is 1. The summed E-state index contributed by atoms with van der Waals surface area (Å²) in [7, 11) is 0. The van der Waals surface area contributed by atoms with E-state index in [0.717, 1.165) is 0 Å². The van der Waals surface area contributed by atoms with E-state index in [2.05, 4.69) is 4.99 Å². The number of fused-ring (bicyclic) bond motifs is 1. The van der Waals surface area contributed by atoms with Gasteiger partial charge in [0, 0.05) is 6.42 Å². The maximum Gasteiger partial charge on any atom is 0.439 e. The maximum absolute atomic E-state index is 12.4. The van der Waals surface area contributed by atoms with Crippen molar-refractivity contribution in [1.29, 1.82) is 0 Å². The lowest BCUT2D eigenvalue weighted by Crippen LogP contribution is -2.45. The predicted molar refractivity (Wildman–Crippen MR) is 51.2 cm³/mol. The highest BCUT2D eigenvalue weighted by Crippen LogP contribution is 2.41. The van der Waals surface area contributed by atoms with Crippen molar-refractivity contribution in [2.24, 2.45) is 4.99 Å². The number of nitrogens with zero attached hydrogens (tertiary/aromatic N) is 1. The minimum Gasteiger partial charge on any atom is -0.394 e. The van der Waals surface area contributed by atoms with E-state index in [-0.39, 0.29) is 13.0 Å². The van der Waals surface area contributed by atoms with Gasteiger partial charge in [-0.15, -0.1) is 0 Å². The van der Waals surface area contributed by atoms with Crippen LogP contribution in [0.4, 0.5) is 13.2 Å². The molecule has 92 valence electrons. The van der Waals surface area contributed by atoms with Crippen LogP contribution >= 0.6 is 11.8 Å². The Labute approximate surface area is 93.5 Å². The zero-order chi connectivity index (χ0) is 11.9. The van der Waals surface area contributed by atoms with Crippen molar-refractivity contribution in [2.45, 2.75) is 36.3 Å². The zero-order valence-corrected chi connectivity index (χ0v) is 8.83. The molecule has 0 aromatic carbocycles. The standard InChI is InChI=1S/C8H10F3NO3S/c9-8(10,11)7-12-5-4(14)1-3(2-13)15-6(5)16-7/h3-6,13-14H,1-2H2.